The van der Waals surface area contributed by atoms with Crippen molar-refractivity contribution >= 4 is 52.9 Å². The van der Waals surface area contributed by atoms with Crippen LogP contribution in [0.15, 0.2) is 52.6 Å². The fourth-order valence-corrected chi connectivity index (χ4v) is 2.82. The zero-order valence-corrected chi connectivity index (χ0v) is 15.8. The van der Waals surface area contributed by atoms with Gasteiger partial charge in [0.25, 0.3) is 5.91 Å². The van der Waals surface area contributed by atoms with Crippen LogP contribution in [0.5, 0.6) is 5.75 Å². The van der Waals surface area contributed by atoms with Crippen molar-refractivity contribution in [2.24, 2.45) is 10.1 Å². The van der Waals surface area contributed by atoms with E-state index in [2.05, 4.69) is 26.2 Å². The number of amides is 2. The minimum Gasteiger partial charge on any atom is -0.507 e. The molecular formula is C18H15Cl2N5O3. The third kappa shape index (κ3) is 4.99. The maximum atomic E-state index is 12.2. The topological polar surface area (TPSA) is 115 Å². The molecule has 0 saturated heterocycles. The normalized spacial score (nSPS) is 16.0. The van der Waals surface area contributed by atoms with Crippen LogP contribution in [-0.2, 0) is 9.59 Å². The summed E-state index contributed by atoms with van der Waals surface area (Å²) in [5.74, 6) is -0.676. The Bertz CT molecular complexity index is 977. The van der Waals surface area contributed by atoms with Gasteiger partial charge in [-0.2, -0.15) is 5.10 Å². The average Bonchev–Trinajstić information content (AvgIpc) is 2.98. The largest absolute Gasteiger partial charge is 0.507 e. The molecule has 0 spiro atoms. The minimum atomic E-state index is -0.895. The van der Waals surface area contributed by atoms with Crippen LogP contribution in [0, 0.1) is 0 Å². The Morgan fingerprint density at radius 1 is 1.29 bits per heavy atom. The van der Waals surface area contributed by atoms with Gasteiger partial charge in [-0.1, -0.05) is 35.3 Å². The molecule has 1 heterocycles. The fourth-order valence-electron chi connectivity index (χ4n) is 2.37. The highest BCUT2D eigenvalue weighted by atomic mass is 35.5. The minimum absolute atomic E-state index is 0.0702. The number of halogens is 2. The van der Waals surface area contributed by atoms with Gasteiger partial charge in [-0.3, -0.25) is 14.9 Å². The molecule has 0 bridgehead atoms. The number of nitrogens with one attached hydrogen (secondary N) is 3. The Balaban J connectivity index is 1.57. The number of aromatic hydroxyl groups is 1. The highest BCUT2D eigenvalue weighted by Gasteiger charge is 2.28. The van der Waals surface area contributed by atoms with Crippen LogP contribution in [0.3, 0.4) is 0 Å². The fraction of sp³-hybridized carbons (Fsp3) is 0.111. The van der Waals surface area contributed by atoms with Crippen LogP contribution in [-0.4, -0.2) is 35.1 Å². The van der Waals surface area contributed by atoms with Gasteiger partial charge < -0.3 is 10.4 Å². The number of carbonyl (C=O) groups is 2. The molecule has 0 aliphatic carbocycles. The molecule has 0 saturated carbocycles. The van der Waals surface area contributed by atoms with Crippen molar-refractivity contribution in [1.29, 1.82) is 0 Å². The second-order valence-corrected chi connectivity index (χ2v) is 6.63. The van der Waals surface area contributed by atoms with Crippen LogP contribution in [0.2, 0.25) is 10.0 Å². The quantitative estimate of drug-likeness (QED) is 0.440. The Kier molecular flexibility index (Phi) is 6.13. The number of para-hydroxylation sites is 1. The predicted molar refractivity (Wildman–Crippen MR) is 108 cm³/mol. The number of hydrogen-bond donors (Lipinski definition) is 4. The molecule has 4 N–H and O–H groups in total. The van der Waals surface area contributed by atoms with Crippen LogP contribution in [0.25, 0.3) is 0 Å². The number of aliphatic imine (C=N–C) groups is 1. The lowest BCUT2D eigenvalue weighted by Crippen LogP contribution is -2.35. The van der Waals surface area contributed by atoms with E-state index in [9.17, 15) is 14.7 Å². The zero-order valence-electron chi connectivity index (χ0n) is 14.3. The summed E-state index contributed by atoms with van der Waals surface area (Å²) < 4.78 is 0. The maximum Gasteiger partial charge on any atom is 0.252 e. The smallest absolute Gasteiger partial charge is 0.252 e. The number of benzene rings is 2. The number of guanidine groups is 1. The number of phenolic OH excluding ortho intramolecular Hbond substituents is 1. The number of nitrogens with zero attached hydrogens (tertiary/aromatic N) is 2. The monoisotopic (exact) mass is 419 g/mol. The summed E-state index contributed by atoms with van der Waals surface area (Å²) in [7, 11) is 0. The van der Waals surface area contributed by atoms with Crippen molar-refractivity contribution in [3.05, 3.63) is 58.1 Å². The highest BCUT2D eigenvalue weighted by molar-refractivity contribution is 6.36. The number of hydrazone groups is 1. The van der Waals surface area contributed by atoms with Gasteiger partial charge in [-0.15, -0.1) is 0 Å². The average molecular weight is 420 g/mol. The molecule has 144 valence electrons. The molecule has 3 rings (SSSR count). The summed E-state index contributed by atoms with van der Waals surface area (Å²) in [6.07, 6.45) is 1.21. The van der Waals surface area contributed by atoms with Gasteiger partial charge in [0.2, 0.25) is 11.9 Å². The first kappa shape index (κ1) is 19.7. The van der Waals surface area contributed by atoms with E-state index in [1.165, 1.54) is 18.3 Å². The van der Waals surface area contributed by atoms with Crippen molar-refractivity contribution in [3.8, 4) is 5.75 Å². The number of anilines is 1. The molecule has 1 atom stereocenters. The van der Waals surface area contributed by atoms with Crippen molar-refractivity contribution in [1.82, 2.24) is 10.7 Å². The molecule has 0 unspecified atom stereocenters. The molecule has 0 fully saturated rings. The van der Waals surface area contributed by atoms with Gasteiger partial charge in [0, 0.05) is 10.6 Å². The van der Waals surface area contributed by atoms with Gasteiger partial charge in [-0.05, 0) is 30.3 Å². The number of carbonyl (C=O) groups excluding carboxylic acids is 2. The van der Waals surface area contributed by atoms with Crippen LogP contribution in [0.4, 0.5) is 5.69 Å². The summed E-state index contributed by atoms with van der Waals surface area (Å²) in [4.78, 5) is 28.2. The summed E-state index contributed by atoms with van der Waals surface area (Å²) in [5, 5.41) is 19.4. The molecule has 2 amide bonds. The van der Waals surface area contributed by atoms with E-state index < -0.39 is 17.9 Å². The second kappa shape index (κ2) is 8.73. The number of hydrogen-bond acceptors (Lipinski definition) is 6. The van der Waals surface area contributed by atoms with Gasteiger partial charge >= 0.3 is 0 Å². The van der Waals surface area contributed by atoms with E-state index in [1.807, 2.05) is 0 Å². The van der Waals surface area contributed by atoms with E-state index in [-0.39, 0.29) is 18.1 Å². The van der Waals surface area contributed by atoms with Crippen molar-refractivity contribution < 1.29 is 14.7 Å². The van der Waals surface area contributed by atoms with Crippen molar-refractivity contribution in [2.45, 2.75) is 12.5 Å². The van der Waals surface area contributed by atoms with E-state index in [0.717, 1.165) is 0 Å². The Hall–Kier alpha value is -3.10. The van der Waals surface area contributed by atoms with Crippen LogP contribution >= 0.6 is 23.2 Å². The first-order valence-corrected chi connectivity index (χ1v) is 8.88. The standard InChI is InChI=1S/C18H15Cl2N5O3/c19-11-5-6-13(12(20)7-11)22-16(27)8-14-17(28)24-18(23-14)25-21-9-10-3-1-2-4-15(10)26/h1-7,9,14,26H,8H2,(H,22,27)(H2,23,24,25,28)/b21-9-/t14-/m1/s1. The molecular weight excluding hydrogens is 405 g/mol. The van der Waals surface area contributed by atoms with Gasteiger partial charge in [0.1, 0.15) is 11.8 Å². The van der Waals surface area contributed by atoms with E-state index in [4.69, 9.17) is 23.2 Å². The van der Waals surface area contributed by atoms with Gasteiger partial charge in [0.15, 0.2) is 0 Å². The molecule has 8 nitrogen and oxygen atoms in total. The number of rotatable bonds is 5. The molecule has 0 radical (unpaired) electrons. The Labute approximate surface area is 170 Å². The molecule has 28 heavy (non-hydrogen) atoms. The third-order valence-electron chi connectivity index (χ3n) is 3.72. The molecule has 2 aromatic rings. The Morgan fingerprint density at radius 2 is 2.07 bits per heavy atom. The lowest BCUT2D eigenvalue weighted by atomic mass is 10.2. The predicted octanol–water partition coefficient (Wildman–Crippen LogP) is 2.51. The maximum absolute atomic E-state index is 12.2. The molecule has 2 aromatic carbocycles. The summed E-state index contributed by atoms with van der Waals surface area (Å²) in [5.41, 5.74) is 3.45. The van der Waals surface area contributed by atoms with Gasteiger partial charge in [-0.25, -0.2) is 10.4 Å². The van der Waals surface area contributed by atoms with Gasteiger partial charge in [0.05, 0.1) is 23.3 Å². The zero-order chi connectivity index (χ0) is 20.1. The second-order valence-electron chi connectivity index (χ2n) is 5.79. The van der Waals surface area contributed by atoms with E-state index >= 15 is 0 Å². The SMILES string of the molecule is O=C(C[C@H]1N=C(N/N=C\c2ccccc2O)NC1=O)Nc1ccc(Cl)cc1Cl. The number of phenols is 1. The first-order chi connectivity index (χ1) is 13.4. The van der Waals surface area contributed by atoms with E-state index in [1.54, 1.807) is 30.3 Å². The molecule has 0 aromatic heterocycles. The summed E-state index contributed by atoms with van der Waals surface area (Å²) in [6, 6.07) is 10.4. The Morgan fingerprint density at radius 3 is 2.82 bits per heavy atom. The molecule has 1 aliphatic rings. The highest BCUT2D eigenvalue weighted by Crippen LogP contribution is 2.25. The summed E-state index contributed by atoms with van der Waals surface area (Å²) in [6.45, 7) is 0. The van der Waals surface area contributed by atoms with Crippen LogP contribution < -0.4 is 16.1 Å². The van der Waals surface area contributed by atoms with Crippen molar-refractivity contribution in [2.75, 3.05) is 5.32 Å². The van der Waals surface area contributed by atoms with E-state index in [0.29, 0.717) is 21.3 Å². The van der Waals surface area contributed by atoms with Crippen molar-refractivity contribution in [3.63, 3.8) is 0 Å². The lowest BCUT2D eigenvalue weighted by Gasteiger charge is -2.08. The molecule has 10 heteroatoms. The first-order valence-electron chi connectivity index (χ1n) is 8.13. The van der Waals surface area contributed by atoms with Crippen LogP contribution in [0.1, 0.15) is 12.0 Å². The lowest BCUT2D eigenvalue weighted by molar-refractivity contribution is -0.123. The summed E-state index contributed by atoms with van der Waals surface area (Å²) >= 11 is 11.8. The third-order valence-corrected chi connectivity index (χ3v) is 4.27. The molecule has 1 aliphatic heterocycles.